The molecule has 0 bridgehead atoms. The monoisotopic (exact) mass is 227 g/mol. The molecule has 0 radical (unpaired) electrons. The second kappa shape index (κ2) is 4.10. The molecule has 2 heterocycles. The zero-order valence-corrected chi connectivity index (χ0v) is 9.48. The fourth-order valence-corrected chi connectivity index (χ4v) is 2.65. The van der Waals surface area contributed by atoms with Gasteiger partial charge in [0.1, 0.15) is 10.8 Å². The van der Waals surface area contributed by atoms with Crippen LogP contribution in [0, 0.1) is 13.8 Å². The van der Waals surface area contributed by atoms with Gasteiger partial charge < -0.3 is 4.52 Å². The second-order valence-corrected chi connectivity index (χ2v) is 5.21. The van der Waals surface area contributed by atoms with Crippen molar-refractivity contribution in [2.75, 3.05) is 0 Å². The van der Waals surface area contributed by atoms with Crippen molar-refractivity contribution in [3.05, 3.63) is 22.5 Å². The van der Waals surface area contributed by atoms with Crippen LogP contribution in [0.15, 0.2) is 14.9 Å². The van der Waals surface area contributed by atoms with E-state index >= 15 is 0 Å². The van der Waals surface area contributed by atoms with E-state index < -0.39 is 0 Å². The summed E-state index contributed by atoms with van der Waals surface area (Å²) in [4.78, 5) is 0. The van der Waals surface area contributed by atoms with Crippen LogP contribution >= 0.6 is 23.1 Å². The Morgan fingerprint density at radius 2 is 2.29 bits per heavy atom. The van der Waals surface area contributed by atoms with Crippen LogP contribution in [0.2, 0.25) is 0 Å². The van der Waals surface area contributed by atoms with Crippen LogP contribution in [0.25, 0.3) is 0 Å². The van der Waals surface area contributed by atoms with Crippen LogP contribution in [0.4, 0.5) is 0 Å². The summed E-state index contributed by atoms with van der Waals surface area (Å²) in [5, 5.41) is 12.8. The predicted molar refractivity (Wildman–Crippen MR) is 55.4 cm³/mol. The van der Waals surface area contributed by atoms with E-state index in [-0.39, 0.29) is 0 Å². The molecule has 2 rings (SSSR count). The number of aromatic nitrogens is 3. The Labute approximate surface area is 89.7 Å². The molecule has 0 amide bonds. The Bertz CT molecular complexity index is 383. The van der Waals surface area contributed by atoms with Gasteiger partial charge in [0.05, 0.1) is 5.69 Å². The summed E-state index contributed by atoms with van der Waals surface area (Å²) < 4.78 is 5.94. The third-order valence-corrected chi connectivity index (χ3v) is 3.53. The van der Waals surface area contributed by atoms with Crippen molar-refractivity contribution < 1.29 is 4.52 Å². The molecule has 0 aliphatic carbocycles. The Hall–Kier alpha value is -0.880. The number of rotatable bonds is 3. The minimum Gasteiger partial charge on any atom is -0.361 e. The molecule has 0 aromatic carbocycles. The van der Waals surface area contributed by atoms with E-state index in [2.05, 4.69) is 15.4 Å². The summed E-state index contributed by atoms with van der Waals surface area (Å²) in [5.41, 5.74) is 0.945. The van der Waals surface area contributed by atoms with Crippen molar-refractivity contribution in [3.8, 4) is 0 Å². The lowest BCUT2D eigenvalue weighted by molar-refractivity contribution is 0.393. The van der Waals surface area contributed by atoms with Crippen LogP contribution in [0.3, 0.4) is 0 Å². The Morgan fingerprint density at radius 1 is 1.43 bits per heavy atom. The van der Waals surface area contributed by atoms with E-state index in [9.17, 15) is 0 Å². The highest BCUT2D eigenvalue weighted by Crippen LogP contribution is 2.25. The average Bonchev–Trinajstić information content (AvgIpc) is 2.72. The molecule has 0 unspecified atom stereocenters. The van der Waals surface area contributed by atoms with E-state index in [4.69, 9.17) is 4.52 Å². The summed E-state index contributed by atoms with van der Waals surface area (Å²) in [6.45, 7) is 3.83. The Morgan fingerprint density at radius 3 is 2.86 bits per heavy atom. The minimum atomic E-state index is 0.784. The van der Waals surface area contributed by atoms with E-state index in [1.165, 1.54) is 0 Å². The molecule has 0 N–H and O–H groups in total. The molecule has 0 aliphatic rings. The van der Waals surface area contributed by atoms with Crippen molar-refractivity contribution >= 4 is 23.1 Å². The van der Waals surface area contributed by atoms with Crippen molar-refractivity contribution in [2.45, 2.75) is 23.9 Å². The summed E-state index contributed by atoms with van der Waals surface area (Å²) in [5.74, 6) is 1.63. The maximum atomic E-state index is 4.96. The van der Waals surface area contributed by atoms with Crippen LogP contribution in [-0.4, -0.2) is 15.4 Å². The first kappa shape index (κ1) is 9.67. The van der Waals surface area contributed by atoms with Crippen molar-refractivity contribution in [3.63, 3.8) is 0 Å². The molecule has 2 aromatic rings. The van der Waals surface area contributed by atoms with Crippen molar-refractivity contribution in [1.82, 2.24) is 15.4 Å². The van der Waals surface area contributed by atoms with Crippen molar-refractivity contribution in [2.24, 2.45) is 0 Å². The summed E-state index contributed by atoms with van der Waals surface area (Å²) in [6.07, 6.45) is 0. The topological polar surface area (TPSA) is 51.8 Å². The first-order valence-electron chi connectivity index (χ1n) is 4.09. The third-order valence-electron chi connectivity index (χ3n) is 1.53. The molecular weight excluding hydrogens is 218 g/mol. The highest BCUT2D eigenvalue weighted by atomic mass is 32.2. The number of hydrogen-bond acceptors (Lipinski definition) is 6. The molecule has 0 atom stereocenters. The normalized spacial score (nSPS) is 10.7. The van der Waals surface area contributed by atoms with Gasteiger partial charge in [0.15, 0.2) is 4.34 Å². The lowest BCUT2D eigenvalue weighted by Crippen LogP contribution is -1.78. The number of hydrogen-bond donors (Lipinski definition) is 0. The molecule has 4 nitrogen and oxygen atoms in total. The number of thioether (sulfide) groups is 1. The zero-order valence-electron chi connectivity index (χ0n) is 7.85. The highest BCUT2D eigenvalue weighted by molar-refractivity contribution is 8.00. The second-order valence-electron chi connectivity index (χ2n) is 2.80. The molecule has 14 heavy (non-hydrogen) atoms. The van der Waals surface area contributed by atoms with Crippen molar-refractivity contribution in [1.29, 1.82) is 0 Å². The third kappa shape index (κ3) is 2.33. The molecule has 74 valence electrons. The van der Waals surface area contributed by atoms with Gasteiger partial charge in [0, 0.05) is 11.8 Å². The minimum absolute atomic E-state index is 0.784. The first-order chi connectivity index (χ1) is 6.74. The van der Waals surface area contributed by atoms with Gasteiger partial charge in [-0.2, -0.15) is 0 Å². The van der Waals surface area contributed by atoms with Crippen LogP contribution in [-0.2, 0) is 5.75 Å². The summed E-state index contributed by atoms with van der Waals surface area (Å²) in [7, 11) is 0. The number of aryl methyl sites for hydroxylation is 2. The van der Waals surface area contributed by atoms with Gasteiger partial charge in [-0.05, 0) is 13.8 Å². The van der Waals surface area contributed by atoms with Gasteiger partial charge in [0.2, 0.25) is 0 Å². The maximum absolute atomic E-state index is 4.96. The highest BCUT2D eigenvalue weighted by Gasteiger charge is 2.04. The Kier molecular flexibility index (Phi) is 2.83. The van der Waals surface area contributed by atoms with E-state index in [1.807, 2.05) is 19.9 Å². The standard InChI is InChI=1S/C8H9N3OS2/c1-5-3-7(11-12-5)4-13-8-10-9-6(2)14-8/h3H,4H2,1-2H3. The molecule has 0 saturated heterocycles. The van der Waals surface area contributed by atoms with Crippen LogP contribution < -0.4 is 0 Å². The van der Waals surface area contributed by atoms with Gasteiger partial charge in [-0.15, -0.1) is 10.2 Å². The summed E-state index contributed by atoms with van der Waals surface area (Å²) >= 11 is 3.23. The van der Waals surface area contributed by atoms with Gasteiger partial charge in [-0.3, -0.25) is 0 Å². The number of nitrogens with zero attached hydrogens (tertiary/aromatic N) is 3. The van der Waals surface area contributed by atoms with E-state index in [0.29, 0.717) is 0 Å². The van der Waals surface area contributed by atoms with Gasteiger partial charge in [-0.1, -0.05) is 28.3 Å². The smallest absolute Gasteiger partial charge is 0.174 e. The quantitative estimate of drug-likeness (QED) is 0.754. The fourth-order valence-electron chi connectivity index (χ4n) is 0.958. The van der Waals surface area contributed by atoms with Gasteiger partial charge >= 0.3 is 0 Å². The largest absolute Gasteiger partial charge is 0.361 e. The first-order valence-corrected chi connectivity index (χ1v) is 5.89. The molecule has 0 aliphatic heterocycles. The average molecular weight is 227 g/mol. The lowest BCUT2D eigenvalue weighted by atomic mass is 10.4. The molecule has 6 heteroatoms. The Balaban J connectivity index is 1.94. The molecular formula is C8H9N3OS2. The van der Waals surface area contributed by atoms with E-state index in [1.54, 1.807) is 23.1 Å². The SMILES string of the molecule is Cc1cc(CSc2nnc(C)s2)no1. The van der Waals surface area contributed by atoms with Gasteiger partial charge in [-0.25, -0.2) is 0 Å². The molecule has 0 spiro atoms. The molecule has 2 aromatic heterocycles. The molecule has 0 saturated carbocycles. The van der Waals surface area contributed by atoms with E-state index in [0.717, 1.165) is 26.6 Å². The maximum Gasteiger partial charge on any atom is 0.174 e. The lowest BCUT2D eigenvalue weighted by Gasteiger charge is -1.89. The van der Waals surface area contributed by atoms with Crippen LogP contribution in [0.1, 0.15) is 16.5 Å². The summed E-state index contributed by atoms with van der Waals surface area (Å²) in [6, 6.07) is 1.93. The van der Waals surface area contributed by atoms with Crippen LogP contribution in [0.5, 0.6) is 0 Å². The predicted octanol–water partition coefficient (Wildman–Crippen LogP) is 2.44. The zero-order chi connectivity index (χ0) is 9.97. The fraction of sp³-hybridized carbons (Fsp3) is 0.375. The molecule has 0 fully saturated rings. The van der Waals surface area contributed by atoms with Gasteiger partial charge in [0.25, 0.3) is 0 Å².